The molecule has 4 heteroatoms. The average Bonchev–Trinajstić information content (AvgIpc) is 2.85. The molecule has 0 bridgehead atoms. The first-order valence-corrected chi connectivity index (χ1v) is 11.3. The topological polar surface area (TPSA) is 12.9 Å². The monoisotopic (exact) mass is 455 g/mol. The summed E-state index contributed by atoms with van der Waals surface area (Å²) >= 11 is 0. The summed E-state index contributed by atoms with van der Waals surface area (Å²) in [6, 6.07) is 16.5. The lowest BCUT2D eigenvalue weighted by molar-refractivity contribution is 0.517. The van der Waals surface area contributed by atoms with Crippen LogP contribution in [0.3, 0.4) is 0 Å². The van der Waals surface area contributed by atoms with Crippen molar-refractivity contribution in [2.75, 3.05) is 0 Å². The Hall–Kier alpha value is -3.84. The zero-order valence-corrected chi connectivity index (χ0v) is 18.9. The maximum absolute atomic E-state index is 14.6. The van der Waals surface area contributed by atoms with E-state index in [0.717, 1.165) is 36.6 Å². The fraction of sp³-hybridized carbons (Fsp3) is 0.167. The van der Waals surface area contributed by atoms with Gasteiger partial charge < -0.3 is 0 Å². The van der Waals surface area contributed by atoms with Gasteiger partial charge in [0.05, 0.1) is 5.56 Å². The maximum atomic E-state index is 14.6. The molecule has 1 aromatic heterocycles. The van der Waals surface area contributed by atoms with Gasteiger partial charge in [0.25, 0.3) is 0 Å². The molecule has 0 aliphatic heterocycles. The first-order valence-electron chi connectivity index (χ1n) is 11.3. The molecule has 1 heterocycles. The summed E-state index contributed by atoms with van der Waals surface area (Å²) in [5.74, 6) is 3.60. The van der Waals surface area contributed by atoms with E-state index < -0.39 is 11.6 Å². The lowest BCUT2D eigenvalue weighted by Gasteiger charge is -2.05. The zero-order valence-electron chi connectivity index (χ0n) is 18.9. The van der Waals surface area contributed by atoms with Gasteiger partial charge >= 0.3 is 0 Å². The van der Waals surface area contributed by atoms with Crippen LogP contribution in [0.4, 0.5) is 13.2 Å². The molecular weight excluding hydrogens is 431 g/mol. The van der Waals surface area contributed by atoms with Gasteiger partial charge in [0.2, 0.25) is 0 Å². The van der Waals surface area contributed by atoms with Crippen LogP contribution in [0.2, 0.25) is 0 Å². The van der Waals surface area contributed by atoms with Crippen LogP contribution in [-0.4, -0.2) is 4.98 Å². The predicted octanol–water partition coefficient (Wildman–Crippen LogP) is 7.35. The minimum absolute atomic E-state index is 0.193. The lowest BCUT2D eigenvalue weighted by atomic mass is 10.0. The Morgan fingerprint density at radius 2 is 1.65 bits per heavy atom. The number of hydrogen-bond acceptors (Lipinski definition) is 1. The molecule has 4 rings (SSSR count). The van der Waals surface area contributed by atoms with Gasteiger partial charge in [0.15, 0.2) is 11.6 Å². The standard InChI is InChI=1S/C30H24F3N/c1-2-3-4-5-23-9-15-26(34-20-23)14-8-22-7-12-24(29(32)19-22)11-6-21-10-16-27-25(18-21)13-17-28(31)30(27)33/h2-3,7,9-10,12-13,15-20H,4-5,8,14H2,1H3/b3-2+. The highest BCUT2D eigenvalue weighted by Gasteiger charge is 2.07. The molecular formula is C30H24F3N. The number of benzene rings is 3. The van der Waals surface area contributed by atoms with Gasteiger partial charge in [0, 0.05) is 22.8 Å². The number of aromatic nitrogens is 1. The van der Waals surface area contributed by atoms with Crippen molar-refractivity contribution < 1.29 is 13.2 Å². The summed E-state index contributed by atoms with van der Waals surface area (Å²) in [4.78, 5) is 4.52. The van der Waals surface area contributed by atoms with Crippen LogP contribution >= 0.6 is 0 Å². The molecule has 0 N–H and O–H groups in total. The first-order chi connectivity index (χ1) is 16.5. The average molecular weight is 456 g/mol. The molecule has 0 aliphatic carbocycles. The zero-order chi connectivity index (χ0) is 23.9. The third-order valence-corrected chi connectivity index (χ3v) is 5.67. The SMILES string of the molecule is C/C=C/CCc1ccc(CCc2ccc(C#Cc3ccc4c(F)c(F)ccc4c3)c(F)c2)nc1. The fourth-order valence-electron chi connectivity index (χ4n) is 3.74. The Morgan fingerprint density at radius 3 is 2.41 bits per heavy atom. The van der Waals surface area contributed by atoms with Gasteiger partial charge in [-0.2, -0.15) is 0 Å². The highest BCUT2D eigenvalue weighted by molar-refractivity contribution is 5.84. The Bertz CT molecular complexity index is 1390. The molecule has 0 amide bonds. The largest absolute Gasteiger partial charge is 0.261 e. The van der Waals surface area contributed by atoms with Gasteiger partial charge in [-0.15, -0.1) is 0 Å². The van der Waals surface area contributed by atoms with E-state index in [9.17, 15) is 13.2 Å². The molecule has 3 aromatic carbocycles. The highest BCUT2D eigenvalue weighted by Crippen LogP contribution is 2.21. The minimum atomic E-state index is -0.888. The molecule has 0 fully saturated rings. The minimum Gasteiger partial charge on any atom is -0.261 e. The van der Waals surface area contributed by atoms with E-state index in [2.05, 4.69) is 29.0 Å². The molecule has 0 atom stereocenters. The van der Waals surface area contributed by atoms with Crippen LogP contribution in [0.1, 0.15) is 41.3 Å². The number of rotatable bonds is 6. The number of pyridine rings is 1. The van der Waals surface area contributed by atoms with Crippen molar-refractivity contribution in [2.45, 2.75) is 32.6 Å². The van der Waals surface area contributed by atoms with E-state index in [-0.39, 0.29) is 16.8 Å². The van der Waals surface area contributed by atoms with Crippen LogP contribution in [0.25, 0.3) is 10.8 Å². The van der Waals surface area contributed by atoms with Crippen molar-refractivity contribution >= 4 is 10.8 Å². The molecule has 0 saturated carbocycles. The maximum Gasteiger partial charge on any atom is 0.166 e. The quantitative estimate of drug-likeness (QED) is 0.219. The van der Waals surface area contributed by atoms with Crippen LogP contribution in [-0.2, 0) is 19.3 Å². The van der Waals surface area contributed by atoms with Crippen molar-refractivity contribution in [2.24, 2.45) is 0 Å². The molecule has 0 radical (unpaired) electrons. The Balaban J connectivity index is 1.40. The first kappa shape index (κ1) is 23.3. The van der Waals surface area contributed by atoms with E-state index in [1.165, 1.54) is 23.8 Å². The van der Waals surface area contributed by atoms with Crippen molar-refractivity contribution in [3.05, 3.63) is 124 Å². The van der Waals surface area contributed by atoms with Crippen molar-refractivity contribution in [3.8, 4) is 11.8 Å². The number of allylic oxidation sites excluding steroid dienone is 2. The number of hydrogen-bond donors (Lipinski definition) is 0. The van der Waals surface area contributed by atoms with Gasteiger partial charge in [-0.1, -0.05) is 48.3 Å². The number of fused-ring (bicyclic) bond motifs is 1. The van der Waals surface area contributed by atoms with Crippen LogP contribution in [0.5, 0.6) is 0 Å². The smallest absolute Gasteiger partial charge is 0.166 e. The van der Waals surface area contributed by atoms with E-state index >= 15 is 0 Å². The second-order valence-electron chi connectivity index (χ2n) is 8.13. The summed E-state index contributed by atoms with van der Waals surface area (Å²) in [5.41, 5.74) is 3.95. The van der Waals surface area contributed by atoms with E-state index in [1.807, 2.05) is 31.3 Å². The van der Waals surface area contributed by atoms with Crippen molar-refractivity contribution in [1.29, 1.82) is 0 Å². The fourth-order valence-corrected chi connectivity index (χ4v) is 3.74. The molecule has 0 aliphatic rings. The molecule has 34 heavy (non-hydrogen) atoms. The number of aryl methyl sites for hydroxylation is 3. The molecule has 0 unspecified atom stereocenters. The van der Waals surface area contributed by atoms with Crippen LogP contribution in [0.15, 0.2) is 79.0 Å². The summed E-state index contributed by atoms with van der Waals surface area (Å²) < 4.78 is 41.8. The van der Waals surface area contributed by atoms with E-state index in [4.69, 9.17) is 0 Å². The highest BCUT2D eigenvalue weighted by atomic mass is 19.2. The Kier molecular flexibility index (Phi) is 7.44. The molecule has 4 aromatic rings. The molecule has 170 valence electrons. The third-order valence-electron chi connectivity index (χ3n) is 5.67. The summed E-state index contributed by atoms with van der Waals surface area (Å²) in [5, 5.41) is 0.736. The number of nitrogens with zero attached hydrogens (tertiary/aromatic N) is 1. The van der Waals surface area contributed by atoms with Gasteiger partial charge in [0.1, 0.15) is 5.82 Å². The Labute approximate surface area is 198 Å². The van der Waals surface area contributed by atoms with Crippen molar-refractivity contribution in [1.82, 2.24) is 4.98 Å². The molecule has 0 spiro atoms. The molecule has 0 saturated heterocycles. The predicted molar refractivity (Wildman–Crippen MR) is 131 cm³/mol. The normalized spacial score (nSPS) is 11.1. The number of halogens is 3. The van der Waals surface area contributed by atoms with Crippen LogP contribution < -0.4 is 0 Å². The van der Waals surface area contributed by atoms with Crippen LogP contribution in [0, 0.1) is 29.3 Å². The second-order valence-corrected chi connectivity index (χ2v) is 8.13. The van der Waals surface area contributed by atoms with Crippen molar-refractivity contribution in [3.63, 3.8) is 0 Å². The van der Waals surface area contributed by atoms with E-state index in [1.54, 1.807) is 18.2 Å². The summed E-state index contributed by atoms with van der Waals surface area (Å²) in [6.07, 6.45) is 9.49. The van der Waals surface area contributed by atoms with Gasteiger partial charge in [-0.05, 0) is 85.5 Å². The van der Waals surface area contributed by atoms with E-state index in [0.29, 0.717) is 17.4 Å². The summed E-state index contributed by atoms with van der Waals surface area (Å²) in [6.45, 7) is 2.02. The second kappa shape index (κ2) is 10.9. The molecule has 1 nitrogen and oxygen atoms in total. The Morgan fingerprint density at radius 1 is 0.794 bits per heavy atom. The lowest BCUT2D eigenvalue weighted by Crippen LogP contribution is -1.97. The summed E-state index contributed by atoms with van der Waals surface area (Å²) in [7, 11) is 0. The van der Waals surface area contributed by atoms with Gasteiger partial charge in [-0.25, -0.2) is 13.2 Å². The van der Waals surface area contributed by atoms with Gasteiger partial charge in [-0.3, -0.25) is 4.98 Å². The third kappa shape index (κ3) is 5.74.